The van der Waals surface area contributed by atoms with E-state index in [1.165, 1.54) is 25.0 Å². The van der Waals surface area contributed by atoms with Gasteiger partial charge in [-0.05, 0) is 49.9 Å². The largest absolute Gasteiger partial charge is 0.409 e. The molecule has 1 fully saturated rings. The average Bonchev–Trinajstić information content (AvgIpc) is 2.42. The van der Waals surface area contributed by atoms with Gasteiger partial charge in [-0.1, -0.05) is 18.1 Å². The molecule has 20 heavy (non-hydrogen) atoms. The lowest BCUT2D eigenvalue weighted by molar-refractivity contribution is 0.122. The molecular formula is C15H22FN3O. The van der Waals surface area contributed by atoms with Crippen LogP contribution < -0.4 is 5.73 Å². The molecule has 2 atom stereocenters. The standard InChI is InChI=1S/C15H22FN3O/c1-10-5-6-19(11(2)7-10)9-12-3-4-13(16)8-14(12)15(17)18-20/h3-4,8,10-11,20H,5-7,9H2,1-2H3,(H2,17,18). The van der Waals surface area contributed by atoms with Crippen molar-refractivity contribution in [3.8, 4) is 0 Å². The fraction of sp³-hybridized carbons (Fsp3) is 0.533. The third-order valence-electron chi connectivity index (χ3n) is 4.10. The minimum absolute atomic E-state index is 0.0440. The highest BCUT2D eigenvalue weighted by atomic mass is 19.1. The van der Waals surface area contributed by atoms with Crippen molar-refractivity contribution < 1.29 is 9.60 Å². The number of nitrogens with two attached hydrogens (primary N) is 1. The molecule has 1 heterocycles. The zero-order chi connectivity index (χ0) is 14.7. The first-order valence-corrected chi connectivity index (χ1v) is 7.01. The summed E-state index contributed by atoms with van der Waals surface area (Å²) in [5.41, 5.74) is 7.00. The molecule has 1 saturated heterocycles. The van der Waals surface area contributed by atoms with Crippen LogP contribution in [0.3, 0.4) is 0 Å². The summed E-state index contributed by atoms with van der Waals surface area (Å²) >= 11 is 0. The van der Waals surface area contributed by atoms with Crippen LogP contribution in [-0.4, -0.2) is 28.5 Å². The smallest absolute Gasteiger partial charge is 0.170 e. The maximum absolute atomic E-state index is 13.3. The minimum atomic E-state index is -0.379. The van der Waals surface area contributed by atoms with Gasteiger partial charge in [0.15, 0.2) is 5.84 Å². The molecule has 110 valence electrons. The van der Waals surface area contributed by atoms with Crippen molar-refractivity contribution in [2.45, 2.75) is 39.3 Å². The Balaban J connectivity index is 2.21. The molecule has 1 aromatic rings. The SMILES string of the molecule is CC1CCN(Cc2ccc(F)cc2C(N)=NO)C(C)C1. The maximum atomic E-state index is 13.3. The van der Waals surface area contributed by atoms with Crippen LogP contribution in [-0.2, 0) is 6.54 Å². The molecule has 0 bridgehead atoms. The van der Waals surface area contributed by atoms with E-state index in [1.54, 1.807) is 6.07 Å². The Labute approximate surface area is 119 Å². The number of amidine groups is 1. The van der Waals surface area contributed by atoms with Gasteiger partial charge in [0.25, 0.3) is 0 Å². The molecule has 0 spiro atoms. The summed E-state index contributed by atoms with van der Waals surface area (Å²) in [6, 6.07) is 4.94. The fourth-order valence-electron chi connectivity index (χ4n) is 2.89. The molecular weight excluding hydrogens is 257 g/mol. The molecule has 1 aliphatic rings. The van der Waals surface area contributed by atoms with E-state index in [-0.39, 0.29) is 11.7 Å². The highest BCUT2D eigenvalue weighted by molar-refractivity contribution is 5.98. The third-order valence-corrected chi connectivity index (χ3v) is 4.10. The number of hydrogen-bond donors (Lipinski definition) is 2. The second kappa shape index (κ2) is 6.22. The van der Waals surface area contributed by atoms with Crippen LogP contribution in [0.5, 0.6) is 0 Å². The Bertz CT molecular complexity index is 504. The van der Waals surface area contributed by atoms with E-state index in [4.69, 9.17) is 10.9 Å². The van der Waals surface area contributed by atoms with E-state index >= 15 is 0 Å². The molecule has 0 aromatic heterocycles. The van der Waals surface area contributed by atoms with Gasteiger partial charge in [-0.25, -0.2) is 4.39 Å². The van der Waals surface area contributed by atoms with Crippen LogP contribution in [0.4, 0.5) is 4.39 Å². The minimum Gasteiger partial charge on any atom is -0.409 e. The summed E-state index contributed by atoms with van der Waals surface area (Å²) in [5.74, 6) is 0.325. The Morgan fingerprint density at radius 1 is 1.50 bits per heavy atom. The Hall–Kier alpha value is -1.62. The van der Waals surface area contributed by atoms with E-state index in [2.05, 4.69) is 23.9 Å². The quantitative estimate of drug-likeness (QED) is 0.387. The first-order chi connectivity index (χ1) is 9.51. The number of benzene rings is 1. The molecule has 0 aliphatic carbocycles. The van der Waals surface area contributed by atoms with Crippen LogP contribution in [0.2, 0.25) is 0 Å². The van der Waals surface area contributed by atoms with Gasteiger partial charge in [0.05, 0.1) is 0 Å². The topological polar surface area (TPSA) is 61.8 Å². The van der Waals surface area contributed by atoms with Gasteiger partial charge in [0, 0.05) is 18.2 Å². The normalized spacial score (nSPS) is 24.9. The summed E-state index contributed by atoms with van der Waals surface area (Å²) in [5, 5.41) is 11.8. The summed E-state index contributed by atoms with van der Waals surface area (Å²) in [4.78, 5) is 2.36. The lowest BCUT2D eigenvalue weighted by Gasteiger charge is -2.36. The molecule has 3 N–H and O–H groups in total. The van der Waals surface area contributed by atoms with E-state index in [1.807, 2.05) is 0 Å². The molecule has 0 amide bonds. The number of piperidine rings is 1. The van der Waals surface area contributed by atoms with Crippen LogP contribution in [0.25, 0.3) is 0 Å². The van der Waals surface area contributed by atoms with Crippen molar-refractivity contribution in [3.05, 3.63) is 35.1 Å². The number of oxime groups is 1. The lowest BCUT2D eigenvalue weighted by atomic mass is 9.92. The zero-order valence-corrected chi connectivity index (χ0v) is 12.0. The van der Waals surface area contributed by atoms with Crippen molar-refractivity contribution >= 4 is 5.84 Å². The Kier molecular flexibility index (Phi) is 4.60. The third kappa shape index (κ3) is 3.28. The Morgan fingerprint density at radius 2 is 2.25 bits per heavy atom. The summed E-state index contributed by atoms with van der Waals surface area (Å²) in [6.45, 7) is 6.20. The number of hydrogen-bond acceptors (Lipinski definition) is 3. The van der Waals surface area contributed by atoms with Gasteiger partial charge in [-0.3, -0.25) is 4.90 Å². The highest BCUT2D eigenvalue weighted by Gasteiger charge is 2.23. The van der Waals surface area contributed by atoms with Gasteiger partial charge in [0.1, 0.15) is 5.82 Å². The van der Waals surface area contributed by atoms with E-state index < -0.39 is 0 Å². The first-order valence-electron chi connectivity index (χ1n) is 7.01. The number of likely N-dealkylation sites (tertiary alicyclic amines) is 1. The lowest BCUT2D eigenvalue weighted by Crippen LogP contribution is -2.40. The van der Waals surface area contributed by atoms with E-state index in [0.29, 0.717) is 18.2 Å². The van der Waals surface area contributed by atoms with Crippen molar-refractivity contribution in [2.75, 3.05) is 6.54 Å². The van der Waals surface area contributed by atoms with Crippen LogP contribution in [0.1, 0.15) is 37.8 Å². The summed E-state index contributed by atoms with van der Waals surface area (Å²) < 4.78 is 13.3. The van der Waals surface area contributed by atoms with Crippen LogP contribution in [0, 0.1) is 11.7 Å². The number of halogens is 1. The molecule has 5 heteroatoms. The molecule has 2 rings (SSSR count). The predicted molar refractivity (Wildman–Crippen MR) is 77.2 cm³/mol. The molecule has 1 aromatic carbocycles. The first kappa shape index (κ1) is 14.8. The second-order valence-corrected chi connectivity index (χ2v) is 5.74. The predicted octanol–water partition coefficient (Wildman–Crippen LogP) is 2.54. The van der Waals surface area contributed by atoms with Gasteiger partial charge in [0.2, 0.25) is 0 Å². The van der Waals surface area contributed by atoms with Crippen molar-refractivity contribution in [3.63, 3.8) is 0 Å². The summed E-state index contributed by atoms with van der Waals surface area (Å²) in [6.07, 6.45) is 2.34. The van der Waals surface area contributed by atoms with Crippen molar-refractivity contribution in [1.29, 1.82) is 0 Å². The van der Waals surface area contributed by atoms with Crippen LogP contribution >= 0.6 is 0 Å². The molecule has 0 saturated carbocycles. The molecule has 0 radical (unpaired) electrons. The van der Waals surface area contributed by atoms with Gasteiger partial charge < -0.3 is 10.9 Å². The maximum Gasteiger partial charge on any atom is 0.170 e. The number of nitrogens with zero attached hydrogens (tertiary/aromatic N) is 2. The molecule has 4 nitrogen and oxygen atoms in total. The highest BCUT2D eigenvalue weighted by Crippen LogP contribution is 2.24. The van der Waals surface area contributed by atoms with Gasteiger partial charge in [-0.15, -0.1) is 0 Å². The summed E-state index contributed by atoms with van der Waals surface area (Å²) in [7, 11) is 0. The fourth-order valence-corrected chi connectivity index (χ4v) is 2.89. The van der Waals surface area contributed by atoms with Gasteiger partial charge >= 0.3 is 0 Å². The van der Waals surface area contributed by atoms with Crippen molar-refractivity contribution in [1.82, 2.24) is 4.90 Å². The van der Waals surface area contributed by atoms with E-state index in [9.17, 15) is 4.39 Å². The van der Waals surface area contributed by atoms with Gasteiger partial charge in [-0.2, -0.15) is 0 Å². The Morgan fingerprint density at radius 3 is 2.90 bits per heavy atom. The average molecular weight is 279 g/mol. The zero-order valence-electron chi connectivity index (χ0n) is 12.0. The van der Waals surface area contributed by atoms with E-state index in [0.717, 1.165) is 18.0 Å². The number of rotatable bonds is 3. The molecule has 2 unspecified atom stereocenters. The van der Waals surface area contributed by atoms with Crippen molar-refractivity contribution in [2.24, 2.45) is 16.8 Å². The second-order valence-electron chi connectivity index (χ2n) is 5.74. The van der Waals surface area contributed by atoms with Crippen LogP contribution in [0.15, 0.2) is 23.4 Å². The molecule has 1 aliphatic heterocycles. The monoisotopic (exact) mass is 279 g/mol.